The van der Waals surface area contributed by atoms with Crippen molar-refractivity contribution < 1.29 is 19.0 Å². The topological polar surface area (TPSA) is 73.8 Å². The minimum atomic E-state index is -0.596. The lowest BCUT2D eigenvalue weighted by Crippen LogP contribution is -2.39. The standard InChI is InChI=1S/C16H15N3O4/c20-16(23-12-13-4-2-1-3-5-13)19(11-15-21-8-9-22-15)14-10-17-6-7-18-14/h1-10,15H,11-12H2. The van der Waals surface area contributed by atoms with Crippen LogP contribution in [-0.2, 0) is 20.8 Å². The van der Waals surface area contributed by atoms with Crippen LogP contribution in [0.4, 0.5) is 10.6 Å². The van der Waals surface area contributed by atoms with Gasteiger partial charge < -0.3 is 14.2 Å². The highest BCUT2D eigenvalue weighted by Crippen LogP contribution is 2.15. The van der Waals surface area contributed by atoms with Gasteiger partial charge in [-0.3, -0.25) is 9.88 Å². The fraction of sp³-hybridized carbons (Fsp3) is 0.188. The first-order chi connectivity index (χ1) is 11.3. The Morgan fingerprint density at radius 3 is 2.65 bits per heavy atom. The predicted molar refractivity (Wildman–Crippen MR) is 81.1 cm³/mol. The molecule has 2 aromatic rings. The first-order valence-corrected chi connectivity index (χ1v) is 7.03. The molecule has 1 aliphatic rings. The van der Waals surface area contributed by atoms with Crippen LogP contribution in [0.5, 0.6) is 0 Å². The molecule has 0 bridgehead atoms. The van der Waals surface area contributed by atoms with Crippen LogP contribution in [0, 0.1) is 0 Å². The van der Waals surface area contributed by atoms with E-state index in [1.165, 1.54) is 36.0 Å². The summed E-state index contributed by atoms with van der Waals surface area (Å²) in [5.41, 5.74) is 0.898. The quantitative estimate of drug-likeness (QED) is 0.844. The fourth-order valence-electron chi connectivity index (χ4n) is 2.00. The second-order valence-corrected chi connectivity index (χ2v) is 4.69. The van der Waals surface area contributed by atoms with Crippen molar-refractivity contribution in [1.82, 2.24) is 9.97 Å². The summed E-state index contributed by atoms with van der Waals surface area (Å²) in [5.74, 6) is 0.365. The lowest BCUT2D eigenvalue weighted by atomic mass is 10.2. The van der Waals surface area contributed by atoms with E-state index in [-0.39, 0.29) is 13.2 Å². The van der Waals surface area contributed by atoms with Gasteiger partial charge in [0, 0.05) is 12.4 Å². The van der Waals surface area contributed by atoms with Gasteiger partial charge >= 0.3 is 6.09 Å². The van der Waals surface area contributed by atoms with Crippen LogP contribution in [-0.4, -0.2) is 28.9 Å². The van der Waals surface area contributed by atoms with Gasteiger partial charge in [0.15, 0.2) is 5.82 Å². The summed E-state index contributed by atoms with van der Waals surface area (Å²) in [5, 5.41) is 0. The number of benzene rings is 1. The number of hydrogen-bond donors (Lipinski definition) is 0. The van der Waals surface area contributed by atoms with Gasteiger partial charge in [-0.15, -0.1) is 0 Å². The predicted octanol–water partition coefficient (Wildman–Crippen LogP) is 2.46. The molecule has 0 fully saturated rings. The molecule has 23 heavy (non-hydrogen) atoms. The smallest absolute Gasteiger partial charge is 0.416 e. The maximum absolute atomic E-state index is 12.4. The average molecular weight is 313 g/mol. The fourth-order valence-corrected chi connectivity index (χ4v) is 2.00. The molecule has 0 radical (unpaired) electrons. The van der Waals surface area contributed by atoms with Gasteiger partial charge in [0.25, 0.3) is 6.29 Å². The van der Waals surface area contributed by atoms with Gasteiger partial charge in [0.05, 0.1) is 6.20 Å². The van der Waals surface area contributed by atoms with Gasteiger partial charge in [-0.1, -0.05) is 30.3 Å². The first-order valence-electron chi connectivity index (χ1n) is 7.03. The Bertz CT molecular complexity index is 656. The van der Waals surface area contributed by atoms with Crippen LogP contribution in [0.25, 0.3) is 0 Å². The number of rotatable bonds is 5. The third-order valence-corrected chi connectivity index (χ3v) is 3.10. The van der Waals surface area contributed by atoms with Crippen LogP contribution in [0.2, 0.25) is 0 Å². The first kappa shape index (κ1) is 14.8. The molecule has 1 amide bonds. The number of aromatic nitrogens is 2. The Balaban J connectivity index is 1.67. The van der Waals surface area contributed by atoms with E-state index in [9.17, 15) is 4.79 Å². The van der Waals surface area contributed by atoms with Crippen molar-refractivity contribution in [2.45, 2.75) is 12.9 Å². The molecule has 1 aromatic heterocycles. The third kappa shape index (κ3) is 3.97. The molecule has 1 aliphatic heterocycles. The van der Waals surface area contributed by atoms with Crippen molar-refractivity contribution in [2.75, 3.05) is 11.4 Å². The molecule has 1 aromatic carbocycles. The van der Waals surface area contributed by atoms with Gasteiger partial charge in [0.2, 0.25) is 0 Å². The van der Waals surface area contributed by atoms with Gasteiger partial charge in [-0.05, 0) is 5.56 Å². The summed E-state index contributed by atoms with van der Waals surface area (Å²) in [6.07, 6.45) is 6.22. The van der Waals surface area contributed by atoms with Crippen molar-refractivity contribution in [3.8, 4) is 0 Å². The summed E-state index contributed by atoms with van der Waals surface area (Å²) >= 11 is 0. The SMILES string of the molecule is O=C(OCc1ccccc1)N(CC1OC=CO1)c1cnccn1. The zero-order valence-corrected chi connectivity index (χ0v) is 12.2. The molecule has 118 valence electrons. The highest BCUT2D eigenvalue weighted by Gasteiger charge is 2.25. The molecular weight excluding hydrogens is 298 g/mol. The zero-order valence-electron chi connectivity index (χ0n) is 12.2. The second kappa shape index (κ2) is 7.26. The molecule has 7 heteroatoms. The van der Waals surface area contributed by atoms with E-state index in [1.807, 2.05) is 30.3 Å². The van der Waals surface area contributed by atoms with E-state index >= 15 is 0 Å². The molecule has 0 atom stereocenters. The summed E-state index contributed by atoms with van der Waals surface area (Å²) < 4.78 is 15.8. The molecule has 2 heterocycles. The van der Waals surface area contributed by atoms with E-state index in [2.05, 4.69) is 9.97 Å². The highest BCUT2D eigenvalue weighted by atomic mass is 16.7. The molecule has 7 nitrogen and oxygen atoms in total. The minimum Gasteiger partial charge on any atom is -0.457 e. The lowest BCUT2D eigenvalue weighted by molar-refractivity contribution is -0.0155. The molecular formula is C16H15N3O4. The van der Waals surface area contributed by atoms with E-state index in [0.29, 0.717) is 5.82 Å². The van der Waals surface area contributed by atoms with Crippen LogP contribution >= 0.6 is 0 Å². The Kier molecular flexibility index (Phi) is 4.68. The lowest BCUT2D eigenvalue weighted by Gasteiger charge is -2.23. The molecule has 0 spiro atoms. The third-order valence-electron chi connectivity index (χ3n) is 3.10. The average Bonchev–Trinajstić information content (AvgIpc) is 3.12. The Morgan fingerprint density at radius 2 is 1.96 bits per heavy atom. The summed E-state index contributed by atoms with van der Waals surface area (Å²) in [6, 6.07) is 9.43. The Morgan fingerprint density at radius 1 is 1.17 bits per heavy atom. The normalized spacial score (nSPS) is 13.2. The summed E-state index contributed by atoms with van der Waals surface area (Å²) in [4.78, 5) is 21.8. The van der Waals surface area contributed by atoms with Crippen molar-refractivity contribution in [3.05, 3.63) is 67.0 Å². The number of nitrogens with zero attached hydrogens (tertiary/aromatic N) is 3. The largest absolute Gasteiger partial charge is 0.457 e. The summed E-state index contributed by atoms with van der Waals surface area (Å²) in [6.45, 7) is 0.306. The van der Waals surface area contributed by atoms with E-state index in [4.69, 9.17) is 14.2 Å². The molecule has 0 aliphatic carbocycles. The minimum absolute atomic E-state index is 0.138. The van der Waals surface area contributed by atoms with Crippen molar-refractivity contribution in [3.63, 3.8) is 0 Å². The Labute approximate surface area is 133 Å². The molecule has 0 unspecified atom stereocenters. The highest BCUT2D eigenvalue weighted by molar-refractivity contribution is 5.86. The van der Waals surface area contributed by atoms with E-state index < -0.39 is 12.4 Å². The number of carbonyl (C=O) groups excluding carboxylic acids is 1. The number of ether oxygens (including phenoxy) is 3. The van der Waals surface area contributed by atoms with E-state index in [1.54, 1.807) is 0 Å². The number of carbonyl (C=O) groups is 1. The summed E-state index contributed by atoms with van der Waals surface area (Å²) in [7, 11) is 0. The maximum Gasteiger partial charge on any atom is 0.416 e. The zero-order chi connectivity index (χ0) is 15.9. The van der Waals surface area contributed by atoms with Gasteiger partial charge in [-0.25, -0.2) is 9.78 Å². The second-order valence-electron chi connectivity index (χ2n) is 4.69. The number of anilines is 1. The number of hydrogen-bond acceptors (Lipinski definition) is 6. The number of amides is 1. The van der Waals surface area contributed by atoms with Crippen LogP contribution in [0.1, 0.15) is 5.56 Å². The van der Waals surface area contributed by atoms with E-state index in [0.717, 1.165) is 5.56 Å². The monoisotopic (exact) mass is 313 g/mol. The van der Waals surface area contributed by atoms with Gasteiger partial charge in [0.1, 0.15) is 25.7 Å². The van der Waals surface area contributed by atoms with Crippen LogP contribution < -0.4 is 4.90 Å². The molecule has 0 saturated heterocycles. The van der Waals surface area contributed by atoms with Crippen molar-refractivity contribution in [2.24, 2.45) is 0 Å². The van der Waals surface area contributed by atoms with Crippen molar-refractivity contribution >= 4 is 11.9 Å². The molecule has 0 N–H and O–H groups in total. The maximum atomic E-state index is 12.4. The van der Waals surface area contributed by atoms with Crippen LogP contribution in [0.3, 0.4) is 0 Å². The molecule has 3 rings (SSSR count). The van der Waals surface area contributed by atoms with Crippen LogP contribution in [0.15, 0.2) is 61.4 Å². The molecule has 0 saturated carbocycles. The van der Waals surface area contributed by atoms with Crippen molar-refractivity contribution in [1.29, 1.82) is 0 Å². The Hall–Kier alpha value is -3.09. The van der Waals surface area contributed by atoms with Gasteiger partial charge in [-0.2, -0.15) is 0 Å².